The minimum atomic E-state index is -0.532. The van der Waals surface area contributed by atoms with E-state index in [1.165, 1.54) is 10.8 Å². The van der Waals surface area contributed by atoms with Crippen LogP contribution >= 0.6 is 0 Å². The van der Waals surface area contributed by atoms with Crippen molar-refractivity contribution < 1.29 is 14.3 Å². The molecule has 0 N–H and O–H groups in total. The zero-order chi connectivity index (χ0) is 20.2. The lowest BCUT2D eigenvalue weighted by molar-refractivity contribution is 0.0736. The van der Waals surface area contributed by atoms with Crippen LogP contribution in [0.1, 0.15) is 17.3 Å². The SMILES string of the molecule is CCOc1ccc(OC(=O)c2cn(-c3ccccc3)c(=O)c3ccccc23)cc1. The fourth-order valence-electron chi connectivity index (χ4n) is 3.17. The zero-order valence-corrected chi connectivity index (χ0v) is 15.9. The molecule has 0 aliphatic carbocycles. The van der Waals surface area contributed by atoms with E-state index in [9.17, 15) is 9.59 Å². The van der Waals surface area contributed by atoms with Crippen LogP contribution in [0.15, 0.2) is 89.9 Å². The van der Waals surface area contributed by atoms with Crippen LogP contribution < -0.4 is 15.0 Å². The van der Waals surface area contributed by atoms with Gasteiger partial charge >= 0.3 is 5.97 Å². The highest BCUT2D eigenvalue weighted by Crippen LogP contribution is 2.22. The summed E-state index contributed by atoms with van der Waals surface area (Å²) in [6.07, 6.45) is 1.54. The lowest BCUT2D eigenvalue weighted by Crippen LogP contribution is -2.21. The zero-order valence-electron chi connectivity index (χ0n) is 15.9. The fraction of sp³-hybridized carbons (Fsp3) is 0.0833. The standard InChI is InChI=1S/C24H19NO4/c1-2-28-18-12-14-19(15-13-18)29-24(27)22-16-25(17-8-4-3-5-9-17)23(26)21-11-7-6-10-20(21)22/h3-16H,2H2,1H3. The van der Waals surface area contributed by atoms with Crippen LogP contribution in [0.25, 0.3) is 16.5 Å². The second kappa shape index (κ2) is 8.02. The van der Waals surface area contributed by atoms with Crippen LogP contribution in [-0.2, 0) is 0 Å². The Morgan fingerprint density at radius 1 is 0.828 bits per heavy atom. The summed E-state index contributed by atoms with van der Waals surface area (Å²) < 4.78 is 12.4. The van der Waals surface area contributed by atoms with Gasteiger partial charge in [-0.25, -0.2) is 4.79 Å². The maximum Gasteiger partial charge on any atom is 0.345 e. The first-order valence-electron chi connectivity index (χ1n) is 9.32. The predicted octanol–water partition coefficient (Wildman–Crippen LogP) is 4.61. The molecule has 1 heterocycles. The van der Waals surface area contributed by atoms with Crippen LogP contribution in [0.4, 0.5) is 0 Å². The molecule has 0 radical (unpaired) electrons. The molecule has 3 aromatic carbocycles. The van der Waals surface area contributed by atoms with Gasteiger partial charge < -0.3 is 9.47 Å². The third-order valence-corrected chi connectivity index (χ3v) is 4.52. The highest BCUT2D eigenvalue weighted by Gasteiger charge is 2.17. The summed E-state index contributed by atoms with van der Waals surface area (Å²) in [6, 6.07) is 23.1. The second-order valence-corrected chi connectivity index (χ2v) is 6.39. The van der Waals surface area contributed by atoms with E-state index in [0.29, 0.717) is 40.1 Å². The molecule has 0 saturated heterocycles. The van der Waals surface area contributed by atoms with Gasteiger partial charge in [0.1, 0.15) is 11.5 Å². The minimum Gasteiger partial charge on any atom is -0.494 e. The molecule has 5 nitrogen and oxygen atoms in total. The van der Waals surface area contributed by atoms with Crippen molar-refractivity contribution in [1.29, 1.82) is 0 Å². The van der Waals surface area contributed by atoms with Crippen molar-refractivity contribution in [1.82, 2.24) is 4.57 Å². The highest BCUT2D eigenvalue weighted by molar-refractivity contribution is 6.04. The van der Waals surface area contributed by atoms with Crippen LogP contribution in [0.3, 0.4) is 0 Å². The van der Waals surface area contributed by atoms with Gasteiger partial charge in [0.15, 0.2) is 0 Å². The summed E-state index contributed by atoms with van der Waals surface area (Å²) in [7, 11) is 0. The van der Waals surface area contributed by atoms with Crippen LogP contribution in [0, 0.1) is 0 Å². The van der Waals surface area contributed by atoms with Crippen LogP contribution in [-0.4, -0.2) is 17.1 Å². The lowest BCUT2D eigenvalue weighted by Gasteiger charge is -2.12. The van der Waals surface area contributed by atoms with Gasteiger partial charge in [-0.15, -0.1) is 0 Å². The number of carbonyl (C=O) groups excluding carboxylic acids is 1. The Morgan fingerprint density at radius 3 is 2.14 bits per heavy atom. The van der Waals surface area contributed by atoms with Gasteiger partial charge in [0.25, 0.3) is 5.56 Å². The van der Waals surface area contributed by atoms with Gasteiger partial charge in [-0.05, 0) is 49.4 Å². The molecule has 1 aromatic heterocycles. The number of esters is 1. The molecular formula is C24H19NO4. The molecule has 29 heavy (non-hydrogen) atoms. The molecule has 0 saturated carbocycles. The van der Waals surface area contributed by atoms with E-state index in [1.807, 2.05) is 37.3 Å². The van der Waals surface area contributed by atoms with Gasteiger partial charge in [-0.3, -0.25) is 9.36 Å². The van der Waals surface area contributed by atoms with Gasteiger partial charge in [0.2, 0.25) is 0 Å². The minimum absolute atomic E-state index is 0.190. The molecular weight excluding hydrogens is 366 g/mol. The average molecular weight is 385 g/mol. The van der Waals surface area contributed by atoms with Crippen molar-refractivity contribution in [3.8, 4) is 17.2 Å². The maximum atomic E-state index is 13.0. The highest BCUT2D eigenvalue weighted by atomic mass is 16.5. The molecule has 0 unspecified atom stereocenters. The lowest BCUT2D eigenvalue weighted by atomic mass is 10.1. The molecule has 0 fully saturated rings. The number of ether oxygens (including phenoxy) is 2. The van der Waals surface area contributed by atoms with Crippen LogP contribution in [0.5, 0.6) is 11.5 Å². The number of hydrogen-bond acceptors (Lipinski definition) is 4. The maximum absolute atomic E-state index is 13.0. The Labute approximate surface area is 167 Å². The topological polar surface area (TPSA) is 57.5 Å². The summed E-state index contributed by atoms with van der Waals surface area (Å²) in [6.45, 7) is 2.47. The van der Waals surface area contributed by atoms with Crippen molar-refractivity contribution >= 4 is 16.7 Å². The van der Waals surface area contributed by atoms with Crippen LogP contribution in [0.2, 0.25) is 0 Å². The molecule has 0 aliphatic heterocycles. The molecule has 144 valence electrons. The summed E-state index contributed by atoms with van der Waals surface area (Å²) in [4.78, 5) is 25.9. The number of nitrogens with zero attached hydrogens (tertiary/aromatic N) is 1. The summed E-state index contributed by atoms with van der Waals surface area (Å²) in [5, 5.41) is 1.01. The Balaban J connectivity index is 1.77. The average Bonchev–Trinajstić information content (AvgIpc) is 2.76. The molecule has 0 spiro atoms. The van der Waals surface area contributed by atoms with E-state index >= 15 is 0 Å². The normalized spacial score (nSPS) is 10.7. The second-order valence-electron chi connectivity index (χ2n) is 6.39. The van der Waals surface area contributed by atoms with Crippen molar-refractivity contribution in [3.63, 3.8) is 0 Å². The number of rotatable bonds is 5. The predicted molar refractivity (Wildman–Crippen MR) is 112 cm³/mol. The monoisotopic (exact) mass is 385 g/mol. The first-order chi connectivity index (χ1) is 14.2. The number of aromatic nitrogens is 1. The van der Waals surface area contributed by atoms with E-state index in [1.54, 1.807) is 48.5 Å². The number of benzene rings is 3. The van der Waals surface area contributed by atoms with Crippen molar-refractivity contribution in [2.24, 2.45) is 0 Å². The number of hydrogen-bond donors (Lipinski definition) is 0. The molecule has 4 aromatic rings. The van der Waals surface area contributed by atoms with E-state index in [-0.39, 0.29) is 5.56 Å². The molecule has 0 atom stereocenters. The molecule has 5 heteroatoms. The fourth-order valence-corrected chi connectivity index (χ4v) is 3.17. The van der Waals surface area contributed by atoms with Gasteiger partial charge in [-0.1, -0.05) is 36.4 Å². The number of carbonyl (C=O) groups is 1. The van der Waals surface area contributed by atoms with E-state index < -0.39 is 5.97 Å². The Hall–Kier alpha value is -3.86. The van der Waals surface area contributed by atoms with Crippen molar-refractivity contribution in [2.75, 3.05) is 6.61 Å². The molecule has 0 aliphatic rings. The largest absolute Gasteiger partial charge is 0.494 e. The van der Waals surface area contributed by atoms with Crippen molar-refractivity contribution in [3.05, 3.63) is 101 Å². The molecule has 0 bridgehead atoms. The van der Waals surface area contributed by atoms with E-state index in [0.717, 1.165) is 0 Å². The first-order valence-corrected chi connectivity index (χ1v) is 9.32. The van der Waals surface area contributed by atoms with Gasteiger partial charge in [0, 0.05) is 22.7 Å². The van der Waals surface area contributed by atoms with E-state index in [4.69, 9.17) is 9.47 Å². The Morgan fingerprint density at radius 2 is 1.45 bits per heavy atom. The van der Waals surface area contributed by atoms with E-state index in [2.05, 4.69) is 0 Å². The third-order valence-electron chi connectivity index (χ3n) is 4.52. The number of para-hydroxylation sites is 1. The quantitative estimate of drug-likeness (QED) is 0.372. The smallest absolute Gasteiger partial charge is 0.345 e. The van der Waals surface area contributed by atoms with Crippen molar-refractivity contribution in [2.45, 2.75) is 6.92 Å². The molecule has 0 amide bonds. The summed E-state index contributed by atoms with van der Waals surface area (Å²) in [5.41, 5.74) is 0.806. The third kappa shape index (κ3) is 3.75. The summed E-state index contributed by atoms with van der Waals surface area (Å²) >= 11 is 0. The van der Waals surface area contributed by atoms with Gasteiger partial charge in [0.05, 0.1) is 12.2 Å². The van der Waals surface area contributed by atoms with Gasteiger partial charge in [-0.2, -0.15) is 0 Å². The Bertz CT molecular complexity index is 1210. The first kappa shape index (κ1) is 18.5. The Kier molecular flexibility index (Phi) is 5.12. The summed E-state index contributed by atoms with van der Waals surface area (Å²) in [5.74, 6) is 0.574. The number of pyridine rings is 1. The number of fused-ring (bicyclic) bond motifs is 1. The molecule has 4 rings (SSSR count).